The van der Waals surface area contributed by atoms with Gasteiger partial charge in [0, 0.05) is 31.3 Å². The van der Waals surface area contributed by atoms with Crippen LogP contribution in [0, 0.1) is 5.92 Å². The molecule has 4 heteroatoms. The first-order valence-corrected chi connectivity index (χ1v) is 8.70. The Morgan fingerprint density at radius 2 is 1.87 bits per heavy atom. The number of carbonyl (C=O) groups excluding carboxylic acids is 2. The molecule has 4 nitrogen and oxygen atoms in total. The monoisotopic (exact) mass is 313 g/mol. The summed E-state index contributed by atoms with van der Waals surface area (Å²) in [5.74, 6) is -0.172. The van der Waals surface area contributed by atoms with E-state index in [4.69, 9.17) is 4.74 Å². The number of fused-ring (bicyclic) bond motifs is 1. The number of likely N-dealkylation sites (tertiary alicyclic amines) is 1. The third-order valence-electron chi connectivity index (χ3n) is 5.78. The van der Waals surface area contributed by atoms with E-state index in [9.17, 15) is 9.59 Å². The lowest BCUT2D eigenvalue weighted by atomic mass is 9.93. The van der Waals surface area contributed by atoms with Gasteiger partial charge in [-0.25, -0.2) is 0 Å². The summed E-state index contributed by atoms with van der Waals surface area (Å²) >= 11 is 0. The van der Waals surface area contributed by atoms with E-state index in [0.29, 0.717) is 6.04 Å². The van der Waals surface area contributed by atoms with Crippen molar-refractivity contribution in [1.29, 1.82) is 0 Å². The number of rotatable bonds is 3. The van der Waals surface area contributed by atoms with Gasteiger partial charge in [-0.3, -0.25) is 9.59 Å². The van der Waals surface area contributed by atoms with Crippen LogP contribution >= 0.6 is 0 Å². The Bertz CT molecular complexity index is 623. The number of hydrogen-bond donors (Lipinski definition) is 0. The van der Waals surface area contributed by atoms with E-state index in [1.165, 1.54) is 26.2 Å². The number of piperidine rings is 1. The van der Waals surface area contributed by atoms with Crippen molar-refractivity contribution in [2.45, 2.75) is 56.6 Å². The summed E-state index contributed by atoms with van der Waals surface area (Å²) in [6, 6.07) is 10.3. The van der Waals surface area contributed by atoms with Crippen LogP contribution in [0.5, 0.6) is 0 Å². The number of amides is 1. The summed E-state index contributed by atoms with van der Waals surface area (Å²) in [6.07, 6.45) is 5.84. The van der Waals surface area contributed by atoms with Gasteiger partial charge in [0.05, 0.1) is 0 Å². The molecule has 4 rings (SSSR count). The zero-order valence-electron chi connectivity index (χ0n) is 13.5. The van der Waals surface area contributed by atoms with Crippen LogP contribution in [0.2, 0.25) is 0 Å². The molecule has 2 saturated carbocycles. The molecular weight excluding hydrogens is 290 g/mol. The van der Waals surface area contributed by atoms with E-state index in [2.05, 4.69) is 0 Å². The summed E-state index contributed by atoms with van der Waals surface area (Å²) in [5, 5.41) is 0. The summed E-state index contributed by atoms with van der Waals surface area (Å²) in [5.41, 5.74) is 0.181. The number of nitrogens with zero attached hydrogens (tertiary/aromatic N) is 1. The Balaban J connectivity index is 1.61. The standard InChI is InChI=1S/C19H23NO3/c1-13(21)23-19-16(17(19)14-8-4-2-5-9-14)12-20(18(19)22)15-10-6-3-7-11-15/h2,4-5,8-9,15-17H,3,6-7,10-12H2,1H3/t16-,17+,19+/m0/s1. The van der Waals surface area contributed by atoms with E-state index in [0.717, 1.165) is 24.9 Å². The number of esters is 1. The van der Waals surface area contributed by atoms with Crippen molar-refractivity contribution >= 4 is 11.9 Å². The van der Waals surface area contributed by atoms with Crippen LogP contribution in [0.3, 0.4) is 0 Å². The first-order chi connectivity index (χ1) is 11.1. The quantitative estimate of drug-likeness (QED) is 0.806. The van der Waals surface area contributed by atoms with Crippen molar-refractivity contribution < 1.29 is 14.3 Å². The molecule has 1 aliphatic heterocycles. The second-order valence-electron chi connectivity index (χ2n) is 7.13. The van der Waals surface area contributed by atoms with Gasteiger partial charge in [0.1, 0.15) is 0 Å². The fourth-order valence-corrected chi connectivity index (χ4v) is 4.75. The minimum absolute atomic E-state index is 0.0277. The fourth-order valence-electron chi connectivity index (χ4n) is 4.75. The molecule has 3 fully saturated rings. The molecule has 0 N–H and O–H groups in total. The SMILES string of the molecule is CC(=O)O[C@]12C(=O)N(C3CCCCC3)C[C@H]1[C@H]2c1ccccc1. The Labute approximate surface area is 136 Å². The van der Waals surface area contributed by atoms with Crippen molar-refractivity contribution in [3.63, 3.8) is 0 Å². The highest BCUT2D eigenvalue weighted by molar-refractivity contribution is 5.96. The smallest absolute Gasteiger partial charge is 0.303 e. The fraction of sp³-hybridized carbons (Fsp3) is 0.579. The minimum Gasteiger partial charge on any atom is -0.448 e. The van der Waals surface area contributed by atoms with Crippen molar-refractivity contribution in [2.24, 2.45) is 5.92 Å². The molecule has 3 atom stereocenters. The molecule has 1 saturated heterocycles. The topological polar surface area (TPSA) is 46.6 Å². The van der Waals surface area contributed by atoms with Crippen LogP contribution in [-0.4, -0.2) is 35.0 Å². The minimum atomic E-state index is -0.926. The molecule has 1 heterocycles. The van der Waals surface area contributed by atoms with Crippen LogP contribution in [0.15, 0.2) is 30.3 Å². The summed E-state index contributed by atoms with van der Waals surface area (Å²) in [4.78, 5) is 26.8. The van der Waals surface area contributed by atoms with Gasteiger partial charge in [0.15, 0.2) is 0 Å². The van der Waals surface area contributed by atoms with Crippen molar-refractivity contribution in [2.75, 3.05) is 6.54 Å². The maximum absolute atomic E-state index is 13.1. The summed E-state index contributed by atoms with van der Waals surface area (Å²) in [7, 11) is 0. The van der Waals surface area contributed by atoms with Gasteiger partial charge in [-0.15, -0.1) is 0 Å². The lowest BCUT2D eigenvalue weighted by molar-refractivity contribution is -0.160. The Kier molecular flexibility index (Phi) is 3.43. The van der Waals surface area contributed by atoms with Gasteiger partial charge >= 0.3 is 5.97 Å². The number of hydrogen-bond acceptors (Lipinski definition) is 3. The second-order valence-corrected chi connectivity index (χ2v) is 7.13. The Morgan fingerprint density at radius 1 is 1.17 bits per heavy atom. The molecule has 1 aromatic rings. The van der Waals surface area contributed by atoms with Crippen LogP contribution in [0.4, 0.5) is 0 Å². The number of ether oxygens (including phenoxy) is 1. The summed E-state index contributed by atoms with van der Waals surface area (Å²) < 4.78 is 5.64. The highest BCUT2D eigenvalue weighted by Gasteiger charge is 2.78. The lowest BCUT2D eigenvalue weighted by Crippen LogP contribution is -2.45. The van der Waals surface area contributed by atoms with Crippen LogP contribution in [-0.2, 0) is 14.3 Å². The molecule has 1 amide bonds. The molecule has 2 aliphatic carbocycles. The van der Waals surface area contributed by atoms with Crippen LogP contribution in [0.1, 0.15) is 50.5 Å². The molecule has 23 heavy (non-hydrogen) atoms. The zero-order valence-corrected chi connectivity index (χ0v) is 13.5. The van der Waals surface area contributed by atoms with E-state index in [1.54, 1.807) is 0 Å². The van der Waals surface area contributed by atoms with Crippen LogP contribution < -0.4 is 0 Å². The molecule has 0 aromatic heterocycles. The Morgan fingerprint density at radius 3 is 2.52 bits per heavy atom. The van der Waals surface area contributed by atoms with E-state index in [1.807, 2.05) is 35.2 Å². The second kappa shape index (κ2) is 5.36. The molecule has 0 spiro atoms. The zero-order chi connectivity index (χ0) is 16.0. The van der Waals surface area contributed by atoms with Gasteiger partial charge in [0.2, 0.25) is 5.60 Å². The number of benzene rings is 1. The third-order valence-corrected chi connectivity index (χ3v) is 5.78. The normalized spacial score (nSPS) is 33.4. The predicted molar refractivity (Wildman–Crippen MR) is 85.8 cm³/mol. The molecular formula is C19H23NO3. The molecule has 0 bridgehead atoms. The lowest BCUT2D eigenvalue weighted by Gasteiger charge is -2.33. The van der Waals surface area contributed by atoms with E-state index >= 15 is 0 Å². The van der Waals surface area contributed by atoms with Crippen LogP contribution in [0.25, 0.3) is 0 Å². The van der Waals surface area contributed by atoms with Crippen molar-refractivity contribution in [1.82, 2.24) is 4.90 Å². The highest BCUT2D eigenvalue weighted by Crippen LogP contribution is 2.65. The average molecular weight is 313 g/mol. The molecule has 1 aromatic carbocycles. The van der Waals surface area contributed by atoms with Gasteiger partial charge < -0.3 is 9.64 Å². The predicted octanol–water partition coefficient (Wildman–Crippen LogP) is 2.88. The maximum atomic E-state index is 13.1. The Hall–Kier alpha value is -1.84. The largest absolute Gasteiger partial charge is 0.448 e. The van der Waals surface area contributed by atoms with Gasteiger partial charge in [-0.2, -0.15) is 0 Å². The highest BCUT2D eigenvalue weighted by atomic mass is 16.6. The molecule has 0 radical (unpaired) electrons. The number of carbonyl (C=O) groups is 2. The molecule has 0 unspecified atom stereocenters. The molecule has 3 aliphatic rings. The third kappa shape index (κ3) is 2.19. The average Bonchev–Trinajstić information content (AvgIpc) is 3.11. The van der Waals surface area contributed by atoms with Gasteiger partial charge in [-0.05, 0) is 18.4 Å². The van der Waals surface area contributed by atoms with Gasteiger partial charge in [0.25, 0.3) is 5.91 Å². The molecule has 122 valence electrons. The first kappa shape index (κ1) is 14.7. The van der Waals surface area contributed by atoms with Crippen molar-refractivity contribution in [3.8, 4) is 0 Å². The maximum Gasteiger partial charge on any atom is 0.303 e. The summed E-state index contributed by atoms with van der Waals surface area (Å²) in [6.45, 7) is 2.14. The van der Waals surface area contributed by atoms with Crippen molar-refractivity contribution in [3.05, 3.63) is 35.9 Å². The first-order valence-electron chi connectivity index (χ1n) is 8.70. The van der Waals surface area contributed by atoms with Gasteiger partial charge in [-0.1, -0.05) is 49.6 Å². The van der Waals surface area contributed by atoms with E-state index < -0.39 is 5.60 Å². The van der Waals surface area contributed by atoms with E-state index in [-0.39, 0.29) is 23.7 Å².